The Morgan fingerprint density at radius 2 is 1.58 bits per heavy atom. The molecule has 1 heterocycles. The zero-order valence-electron chi connectivity index (χ0n) is 15.1. The second-order valence-corrected chi connectivity index (χ2v) is 6.71. The van der Waals surface area contributed by atoms with E-state index in [1.54, 1.807) is 0 Å². The fraction of sp³-hybridized carbons (Fsp3) is 0.381. The predicted octanol–water partition coefficient (Wildman–Crippen LogP) is 1.83. The summed E-state index contributed by atoms with van der Waals surface area (Å²) in [5.41, 5.74) is 3.24. The third kappa shape index (κ3) is 5.39. The standard InChI is InChI=1S/C21H27N3O2/c25-15-14-23-10-12-24(13-11-23)17-21(26)22-20-9-5-4-8-19(20)16-18-6-2-1-3-7-18/h1-9,25H,10-17H2,(H,22,26). The zero-order chi connectivity index (χ0) is 18.2. The number of benzene rings is 2. The predicted molar refractivity (Wildman–Crippen MR) is 104 cm³/mol. The van der Waals surface area contributed by atoms with Gasteiger partial charge in [-0.05, 0) is 23.6 Å². The van der Waals surface area contributed by atoms with Crippen molar-refractivity contribution >= 4 is 11.6 Å². The van der Waals surface area contributed by atoms with E-state index in [1.165, 1.54) is 5.56 Å². The topological polar surface area (TPSA) is 55.8 Å². The van der Waals surface area contributed by atoms with Gasteiger partial charge in [-0.15, -0.1) is 0 Å². The van der Waals surface area contributed by atoms with E-state index < -0.39 is 0 Å². The van der Waals surface area contributed by atoms with Crippen LogP contribution in [0.15, 0.2) is 54.6 Å². The minimum Gasteiger partial charge on any atom is -0.395 e. The quantitative estimate of drug-likeness (QED) is 0.797. The summed E-state index contributed by atoms with van der Waals surface area (Å²) in [5, 5.41) is 12.1. The molecule has 1 fully saturated rings. The van der Waals surface area contributed by atoms with Gasteiger partial charge in [-0.1, -0.05) is 48.5 Å². The maximum atomic E-state index is 12.5. The molecule has 5 heteroatoms. The summed E-state index contributed by atoms with van der Waals surface area (Å²) >= 11 is 0. The van der Waals surface area contributed by atoms with Crippen molar-refractivity contribution in [2.45, 2.75) is 6.42 Å². The van der Waals surface area contributed by atoms with Crippen LogP contribution in [0.3, 0.4) is 0 Å². The second-order valence-electron chi connectivity index (χ2n) is 6.71. The Bertz CT molecular complexity index is 697. The van der Waals surface area contributed by atoms with E-state index in [2.05, 4.69) is 33.3 Å². The highest BCUT2D eigenvalue weighted by Crippen LogP contribution is 2.19. The van der Waals surface area contributed by atoms with Gasteiger partial charge in [-0.2, -0.15) is 0 Å². The number of para-hydroxylation sites is 1. The lowest BCUT2D eigenvalue weighted by molar-refractivity contribution is -0.117. The number of amides is 1. The SMILES string of the molecule is O=C(CN1CCN(CCO)CC1)Nc1ccccc1Cc1ccccc1. The van der Waals surface area contributed by atoms with Crippen molar-refractivity contribution in [2.24, 2.45) is 0 Å². The molecule has 0 saturated carbocycles. The maximum absolute atomic E-state index is 12.5. The first-order valence-corrected chi connectivity index (χ1v) is 9.22. The number of hydrogen-bond donors (Lipinski definition) is 2. The molecule has 0 aromatic heterocycles. The Balaban J connectivity index is 1.55. The van der Waals surface area contributed by atoms with Crippen LogP contribution >= 0.6 is 0 Å². The molecule has 1 aliphatic rings. The van der Waals surface area contributed by atoms with E-state index in [0.717, 1.165) is 43.9 Å². The molecule has 0 aliphatic carbocycles. The van der Waals surface area contributed by atoms with Crippen molar-refractivity contribution in [1.82, 2.24) is 9.80 Å². The summed E-state index contributed by atoms with van der Waals surface area (Å²) in [5.74, 6) is 0.0288. The van der Waals surface area contributed by atoms with E-state index in [1.807, 2.05) is 36.4 Å². The van der Waals surface area contributed by atoms with Crippen LogP contribution in [0.4, 0.5) is 5.69 Å². The van der Waals surface area contributed by atoms with Crippen LogP contribution in [0, 0.1) is 0 Å². The number of β-amino-alcohol motifs (C(OH)–C–C–N with tert-alkyl or cyclic N) is 1. The first-order valence-electron chi connectivity index (χ1n) is 9.22. The Labute approximate surface area is 155 Å². The minimum atomic E-state index is 0.0288. The molecular weight excluding hydrogens is 326 g/mol. The highest BCUT2D eigenvalue weighted by molar-refractivity contribution is 5.93. The number of carbonyl (C=O) groups excluding carboxylic acids is 1. The monoisotopic (exact) mass is 353 g/mol. The van der Waals surface area contributed by atoms with Crippen molar-refractivity contribution in [1.29, 1.82) is 0 Å². The third-order valence-electron chi connectivity index (χ3n) is 4.78. The van der Waals surface area contributed by atoms with Gasteiger partial charge in [0.15, 0.2) is 0 Å². The van der Waals surface area contributed by atoms with Crippen LogP contribution in [0.25, 0.3) is 0 Å². The molecule has 1 saturated heterocycles. The Morgan fingerprint density at radius 1 is 0.923 bits per heavy atom. The summed E-state index contributed by atoms with van der Waals surface area (Å²) in [6, 6.07) is 18.3. The summed E-state index contributed by atoms with van der Waals surface area (Å²) < 4.78 is 0. The molecule has 2 aromatic carbocycles. The van der Waals surface area contributed by atoms with E-state index in [4.69, 9.17) is 5.11 Å². The first kappa shape index (κ1) is 18.6. The second kappa shape index (κ2) is 9.48. The van der Waals surface area contributed by atoms with Gasteiger partial charge in [0.05, 0.1) is 13.2 Å². The van der Waals surface area contributed by atoms with E-state index >= 15 is 0 Å². The molecule has 2 aromatic rings. The van der Waals surface area contributed by atoms with Gasteiger partial charge in [0.1, 0.15) is 0 Å². The fourth-order valence-electron chi connectivity index (χ4n) is 3.32. The highest BCUT2D eigenvalue weighted by atomic mass is 16.3. The smallest absolute Gasteiger partial charge is 0.238 e. The number of aliphatic hydroxyl groups excluding tert-OH is 1. The molecule has 2 N–H and O–H groups in total. The van der Waals surface area contributed by atoms with Crippen molar-refractivity contribution in [3.8, 4) is 0 Å². The van der Waals surface area contributed by atoms with Gasteiger partial charge >= 0.3 is 0 Å². The number of piperazine rings is 1. The summed E-state index contributed by atoms with van der Waals surface area (Å²) in [4.78, 5) is 16.9. The number of carbonyl (C=O) groups is 1. The van der Waals surface area contributed by atoms with Crippen molar-refractivity contribution in [2.75, 3.05) is 51.2 Å². The van der Waals surface area contributed by atoms with Gasteiger partial charge < -0.3 is 10.4 Å². The lowest BCUT2D eigenvalue weighted by Crippen LogP contribution is -2.49. The Kier molecular flexibility index (Phi) is 6.77. The number of nitrogens with zero attached hydrogens (tertiary/aromatic N) is 2. The number of rotatable bonds is 7. The molecular formula is C21H27N3O2. The molecule has 0 bridgehead atoms. The Hall–Kier alpha value is -2.21. The molecule has 1 aliphatic heterocycles. The van der Waals surface area contributed by atoms with Crippen molar-refractivity contribution in [3.63, 3.8) is 0 Å². The molecule has 0 spiro atoms. The molecule has 1 amide bonds. The molecule has 0 unspecified atom stereocenters. The first-order chi connectivity index (χ1) is 12.7. The van der Waals surface area contributed by atoms with Crippen molar-refractivity contribution in [3.05, 3.63) is 65.7 Å². The minimum absolute atomic E-state index is 0.0288. The number of aliphatic hydroxyl groups is 1. The lowest BCUT2D eigenvalue weighted by atomic mass is 10.0. The molecule has 3 rings (SSSR count). The molecule has 5 nitrogen and oxygen atoms in total. The third-order valence-corrected chi connectivity index (χ3v) is 4.78. The molecule has 26 heavy (non-hydrogen) atoms. The van der Waals surface area contributed by atoms with Gasteiger partial charge in [-0.3, -0.25) is 14.6 Å². The normalized spacial score (nSPS) is 15.7. The summed E-state index contributed by atoms with van der Waals surface area (Å²) in [7, 11) is 0. The Morgan fingerprint density at radius 3 is 2.31 bits per heavy atom. The largest absolute Gasteiger partial charge is 0.395 e. The zero-order valence-corrected chi connectivity index (χ0v) is 15.1. The van der Waals surface area contributed by atoms with Crippen LogP contribution < -0.4 is 5.32 Å². The van der Waals surface area contributed by atoms with Gasteiger partial charge in [-0.25, -0.2) is 0 Å². The number of nitrogens with one attached hydrogen (secondary N) is 1. The van der Waals surface area contributed by atoms with Crippen LogP contribution in [0.1, 0.15) is 11.1 Å². The number of anilines is 1. The molecule has 138 valence electrons. The molecule has 0 radical (unpaired) electrons. The van der Waals surface area contributed by atoms with E-state index in [-0.39, 0.29) is 12.5 Å². The van der Waals surface area contributed by atoms with Crippen molar-refractivity contribution < 1.29 is 9.90 Å². The molecule has 0 atom stereocenters. The van der Waals surface area contributed by atoms with Crippen LogP contribution in [0.5, 0.6) is 0 Å². The van der Waals surface area contributed by atoms with Gasteiger partial charge in [0.2, 0.25) is 5.91 Å². The van der Waals surface area contributed by atoms with Crippen LogP contribution in [0.2, 0.25) is 0 Å². The van der Waals surface area contributed by atoms with E-state index in [0.29, 0.717) is 13.1 Å². The fourth-order valence-corrected chi connectivity index (χ4v) is 3.32. The number of hydrogen-bond acceptors (Lipinski definition) is 4. The van der Waals surface area contributed by atoms with E-state index in [9.17, 15) is 4.79 Å². The van der Waals surface area contributed by atoms with Gasteiger partial charge in [0, 0.05) is 38.4 Å². The lowest BCUT2D eigenvalue weighted by Gasteiger charge is -2.33. The maximum Gasteiger partial charge on any atom is 0.238 e. The van der Waals surface area contributed by atoms with Crippen LogP contribution in [-0.4, -0.2) is 66.7 Å². The average molecular weight is 353 g/mol. The van der Waals surface area contributed by atoms with Crippen LogP contribution in [-0.2, 0) is 11.2 Å². The summed E-state index contributed by atoms with van der Waals surface area (Å²) in [6.45, 7) is 4.84. The van der Waals surface area contributed by atoms with Gasteiger partial charge in [0.25, 0.3) is 0 Å². The summed E-state index contributed by atoms with van der Waals surface area (Å²) in [6.07, 6.45) is 0.803. The highest BCUT2D eigenvalue weighted by Gasteiger charge is 2.18. The average Bonchev–Trinajstić information content (AvgIpc) is 2.66.